The summed E-state index contributed by atoms with van der Waals surface area (Å²) >= 11 is 1.17. The second-order valence-corrected chi connectivity index (χ2v) is 7.07. The van der Waals surface area contributed by atoms with Crippen LogP contribution in [-0.2, 0) is 15.6 Å². The zero-order chi connectivity index (χ0) is 10.7. The monoisotopic (exact) mass is 246 g/mol. The minimum Gasteiger partial charge on any atom is -0.228 e. The molecule has 1 fully saturated rings. The maximum absolute atomic E-state index is 11.8. The van der Waals surface area contributed by atoms with Gasteiger partial charge in [0.2, 0.25) is 0 Å². The van der Waals surface area contributed by atoms with Crippen molar-refractivity contribution in [3.63, 3.8) is 0 Å². The van der Waals surface area contributed by atoms with Gasteiger partial charge < -0.3 is 0 Å². The summed E-state index contributed by atoms with van der Waals surface area (Å²) in [4.78, 5) is 0.744. The maximum Gasteiger partial charge on any atom is 0.155 e. The largest absolute Gasteiger partial charge is 0.228 e. The van der Waals surface area contributed by atoms with E-state index in [4.69, 9.17) is 0 Å². The first-order valence-electron chi connectivity index (χ1n) is 5.12. The first-order chi connectivity index (χ1) is 7.16. The average molecular weight is 246 g/mol. The van der Waals surface area contributed by atoms with E-state index < -0.39 is 9.84 Å². The van der Waals surface area contributed by atoms with Gasteiger partial charge in [-0.3, -0.25) is 0 Å². The molecular formula is C9H14N2O2S2. The van der Waals surface area contributed by atoms with E-state index in [1.807, 2.05) is 0 Å². The number of aromatic nitrogens is 2. The first kappa shape index (κ1) is 11.0. The van der Waals surface area contributed by atoms with E-state index in [0.29, 0.717) is 11.7 Å². The molecule has 4 nitrogen and oxygen atoms in total. The lowest BCUT2D eigenvalue weighted by atomic mass is 10.1. The highest BCUT2D eigenvalue weighted by Crippen LogP contribution is 2.27. The summed E-state index contributed by atoms with van der Waals surface area (Å²) in [6.45, 7) is 0. The van der Waals surface area contributed by atoms with Gasteiger partial charge in [-0.1, -0.05) is 17.3 Å². The summed E-state index contributed by atoms with van der Waals surface area (Å²) in [5.41, 5.74) is 0. The SMILES string of the molecule is O=S(=O)(Cc1cnns1)CC1CCCC1. The number of rotatable bonds is 4. The predicted octanol–water partition coefficient (Wildman–Crippen LogP) is 1.64. The van der Waals surface area contributed by atoms with Crippen LogP contribution in [0.15, 0.2) is 6.20 Å². The number of hydrogen-bond acceptors (Lipinski definition) is 5. The van der Waals surface area contributed by atoms with Gasteiger partial charge in [-0.2, -0.15) is 0 Å². The van der Waals surface area contributed by atoms with Crippen LogP contribution >= 0.6 is 11.5 Å². The van der Waals surface area contributed by atoms with Crippen LogP contribution < -0.4 is 0 Å². The molecule has 0 amide bonds. The van der Waals surface area contributed by atoms with Crippen molar-refractivity contribution in [3.8, 4) is 0 Å². The van der Waals surface area contributed by atoms with Gasteiger partial charge >= 0.3 is 0 Å². The topological polar surface area (TPSA) is 59.9 Å². The normalized spacial score (nSPS) is 18.4. The Bertz CT molecular complexity index is 394. The summed E-state index contributed by atoms with van der Waals surface area (Å²) in [5, 5.41) is 3.64. The molecule has 1 heterocycles. The molecule has 1 aliphatic carbocycles. The minimum atomic E-state index is -2.96. The molecule has 0 saturated heterocycles. The molecule has 6 heteroatoms. The second-order valence-electron chi connectivity index (χ2n) is 4.09. The van der Waals surface area contributed by atoms with Crippen LogP contribution in [-0.4, -0.2) is 23.8 Å². The van der Waals surface area contributed by atoms with Crippen molar-refractivity contribution in [2.45, 2.75) is 31.4 Å². The van der Waals surface area contributed by atoms with E-state index >= 15 is 0 Å². The fourth-order valence-corrected chi connectivity index (χ4v) is 4.78. The Labute approximate surface area is 93.8 Å². The van der Waals surface area contributed by atoms with Crippen LogP contribution in [0.4, 0.5) is 0 Å². The maximum atomic E-state index is 11.8. The number of hydrogen-bond donors (Lipinski definition) is 0. The number of nitrogens with zero attached hydrogens (tertiary/aromatic N) is 2. The molecule has 1 saturated carbocycles. The molecule has 0 aromatic carbocycles. The van der Waals surface area contributed by atoms with Crippen LogP contribution in [0, 0.1) is 5.92 Å². The van der Waals surface area contributed by atoms with E-state index in [1.165, 1.54) is 30.6 Å². The lowest BCUT2D eigenvalue weighted by Gasteiger charge is -2.08. The van der Waals surface area contributed by atoms with E-state index in [-0.39, 0.29) is 5.75 Å². The van der Waals surface area contributed by atoms with Gasteiger partial charge in [-0.25, -0.2) is 8.42 Å². The molecule has 0 bridgehead atoms. The summed E-state index contributed by atoms with van der Waals surface area (Å²) in [5.74, 6) is 0.836. The summed E-state index contributed by atoms with van der Waals surface area (Å²) in [6, 6.07) is 0. The zero-order valence-corrected chi connectivity index (χ0v) is 10.1. The Morgan fingerprint density at radius 2 is 2.13 bits per heavy atom. The van der Waals surface area contributed by atoms with Crippen molar-refractivity contribution in [1.29, 1.82) is 0 Å². The summed E-state index contributed by atoms with van der Waals surface area (Å²) in [7, 11) is -2.96. The predicted molar refractivity (Wildman–Crippen MR) is 59.4 cm³/mol. The van der Waals surface area contributed by atoms with Crippen molar-refractivity contribution in [2.24, 2.45) is 5.92 Å². The minimum absolute atomic E-state index is 0.112. The Morgan fingerprint density at radius 3 is 2.73 bits per heavy atom. The average Bonchev–Trinajstić information content (AvgIpc) is 2.75. The molecule has 1 aliphatic rings. The van der Waals surface area contributed by atoms with Gasteiger partial charge in [0.25, 0.3) is 0 Å². The van der Waals surface area contributed by atoms with Gasteiger partial charge in [0.15, 0.2) is 9.84 Å². The highest BCUT2D eigenvalue weighted by atomic mass is 32.2. The smallest absolute Gasteiger partial charge is 0.155 e. The molecule has 15 heavy (non-hydrogen) atoms. The lowest BCUT2D eigenvalue weighted by Crippen LogP contribution is -2.15. The third-order valence-electron chi connectivity index (χ3n) is 2.73. The molecule has 0 atom stereocenters. The highest BCUT2D eigenvalue weighted by Gasteiger charge is 2.23. The van der Waals surface area contributed by atoms with Gasteiger partial charge in [-0.15, -0.1) is 5.10 Å². The van der Waals surface area contributed by atoms with Crippen molar-refractivity contribution in [1.82, 2.24) is 9.59 Å². The third-order valence-corrected chi connectivity index (χ3v) is 5.31. The summed E-state index contributed by atoms with van der Waals surface area (Å²) < 4.78 is 27.3. The third kappa shape index (κ3) is 3.24. The summed E-state index contributed by atoms with van der Waals surface area (Å²) in [6.07, 6.45) is 6.04. The lowest BCUT2D eigenvalue weighted by molar-refractivity contribution is 0.558. The Kier molecular flexibility index (Phi) is 3.35. The van der Waals surface area contributed by atoms with Crippen molar-refractivity contribution in [2.75, 3.05) is 5.75 Å². The van der Waals surface area contributed by atoms with Crippen molar-refractivity contribution in [3.05, 3.63) is 11.1 Å². The first-order valence-corrected chi connectivity index (χ1v) is 7.72. The van der Waals surface area contributed by atoms with Crippen molar-refractivity contribution >= 4 is 21.4 Å². The quantitative estimate of drug-likeness (QED) is 0.810. The van der Waals surface area contributed by atoms with Gasteiger partial charge in [0.1, 0.15) is 0 Å². The molecule has 2 rings (SSSR count). The molecule has 0 N–H and O–H groups in total. The second kappa shape index (κ2) is 4.57. The van der Waals surface area contributed by atoms with Gasteiger partial charge in [-0.05, 0) is 30.3 Å². The van der Waals surface area contributed by atoms with E-state index in [9.17, 15) is 8.42 Å². The van der Waals surface area contributed by atoms with Crippen LogP contribution in [0.2, 0.25) is 0 Å². The fraction of sp³-hybridized carbons (Fsp3) is 0.778. The molecule has 0 spiro atoms. The van der Waals surface area contributed by atoms with Crippen molar-refractivity contribution < 1.29 is 8.42 Å². The molecule has 84 valence electrons. The van der Waals surface area contributed by atoms with Crippen LogP contribution in [0.1, 0.15) is 30.6 Å². The molecule has 1 aromatic heterocycles. The number of sulfone groups is 1. The standard InChI is InChI=1S/C9H14N2O2S2/c12-15(13,6-8-3-1-2-4-8)7-9-5-10-11-14-9/h5,8H,1-4,6-7H2. The molecule has 0 unspecified atom stereocenters. The van der Waals surface area contributed by atoms with E-state index in [0.717, 1.165) is 17.7 Å². The van der Waals surface area contributed by atoms with Crippen LogP contribution in [0.5, 0.6) is 0 Å². The molecule has 1 aromatic rings. The molecule has 0 aliphatic heterocycles. The fourth-order valence-electron chi connectivity index (χ4n) is 2.06. The van der Waals surface area contributed by atoms with E-state index in [2.05, 4.69) is 9.59 Å². The Balaban J connectivity index is 1.94. The van der Waals surface area contributed by atoms with E-state index in [1.54, 1.807) is 0 Å². The van der Waals surface area contributed by atoms with Gasteiger partial charge in [0.05, 0.1) is 22.6 Å². The molecular weight excluding hydrogens is 232 g/mol. The Morgan fingerprint density at radius 1 is 1.40 bits per heavy atom. The molecule has 0 radical (unpaired) electrons. The zero-order valence-electron chi connectivity index (χ0n) is 8.42. The highest BCUT2D eigenvalue weighted by molar-refractivity contribution is 7.90. The van der Waals surface area contributed by atoms with Gasteiger partial charge in [0, 0.05) is 0 Å². The Hall–Kier alpha value is -0.490. The van der Waals surface area contributed by atoms with Crippen LogP contribution in [0.3, 0.4) is 0 Å². The van der Waals surface area contributed by atoms with Crippen LogP contribution in [0.25, 0.3) is 0 Å².